The SMILES string of the molecule is CCc1c(CO[P+](=O)[O-])cc(C(C)(C)C)c(O)c1C(C)(C)C.[Na+]. The van der Waals surface area contributed by atoms with E-state index in [2.05, 4.69) is 0 Å². The fourth-order valence-electron chi connectivity index (χ4n) is 2.80. The molecule has 0 aromatic heterocycles. The average molecular weight is 349 g/mol. The van der Waals surface area contributed by atoms with Crippen molar-refractivity contribution in [2.24, 2.45) is 0 Å². The van der Waals surface area contributed by atoms with E-state index in [0.29, 0.717) is 12.2 Å². The van der Waals surface area contributed by atoms with Crippen molar-refractivity contribution in [3.63, 3.8) is 0 Å². The summed E-state index contributed by atoms with van der Waals surface area (Å²) in [5, 5.41) is 10.8. The summed E-state index contributed by atoms with van der Waals surface area (Å²) in [6, 6.07) is 1.88. The summed E-state index contributed by atoms with van der Waals surface area (Å²) in [6.07, 6.45) is 0.707. The van der Waals surface area contributed by atoms with E-state index in [1.165, 1.54) is 0 Å². The zero-order valence-electron chi connectivity index (χ0n) is 15.6. The van der Waals surface area contributed by atoms with Gasteiger partial charge in [-0.3, -0.25) is 0 Å². The van der Waals surface area contributed by atoms with Gasteiger partial charge in [-0.1, -0.05) is 48.5 Å². The van der Waals surface area contributed by atoms with Crippen molar-refractivity contribution in [2.45, 2.75) is 72.3 Å². The first kappa shape index (κ1) is 23.0. The van der Waals surface area contributed by atoms with Crippen molar-refractivity contribution < 1.29 is 48.6 Å². The fourth-order valence-corrected chi connectivity index (χ4v) is 3.05. The molecule has 23 heavy (non-hydrogen) atoms. The topological polar surface area (TPSA) is 69.6 Å². The van der Waals surface area contributed by atoms with Gasteiger partial charge in [-0.15, -0.1) is 4.52 Å². The van der Waals surface area contributed by atoms with Gasteiger partial charge in [-0.25, -0.2) is 0 Å². The van der Waals surface area contributed by atoms with Gasteiger partial charge in [0.15, 0.2) is 0 Å². The Morgan fingerprint density at radius 3 is 2.04 bits per heavy atom. The van der Waals surface area contributed by atoms with E-state index in [1.807, 2.05) is 54.5 Å². The minimum Gasteiger partial charge on any atom is -0.566 e. The van der Waals surface area contributed by atoms with Gasteiger partial charge in [-0.05, 0) is 44.6 Å². The summed E-state index contributed by atoms with van der Waals surface area (Å²) in [7, 11) is -2.89. The number of aromatic hydroxyl groups is 1. The van der Waals surface area contributed by atoms with Crippen LogP contribution in [0.4, 0.5) is 0 Å². The number of benzene rings is 1. The minimum absolute atomic E-state index is 0. The van der Waals surface area contributed by atoms with Crippen LogP contribution in [0.2, 0.25) is 0 Å². The fraction of sp³-hybridized carbons (Fsp3) is 0.647. The molecule has 0 bridgehead atoms. The Labute approximate surface area is 162 Å². The molecule has 1 N–H and O–H groups in total. The molecule has 0 spiro atoms. The van der Waals surface area contributed by atoms with Crippen LogP contribution in [0, 0.1) is 0 Å². The maximum absolute atomic E-state index is 10.8. The molecule has 0 heterocycles. The van der Waals surface area contributed by atoms with Crippen LogP contribution < -0.4 is 34.5 Å². The number of phenols is 1. The number of phenolic OH excluding ortho intramolecular Hbond substituents is 1. The molecule has 124 valence electrons. The summed E-state index contributed by atoms with van der Waals surface area (Å²) in [5.74, 6) is 0.312. The molecule has 0 aliphatic rings. The predicted molar refractivity (Wildman–Crippen MR) is 87.3 cm³/mol. The largest absolute Gasteiger partial charge is 1.00 e. The molecule has 0 aliphatic carbocycles. The van der Waals surface area contributed by atoms with Crippen molar-refractivity contribution >= 4 is 8.25 Å². The normalized spacial score (nSPS) is 12.8. The molecule has 6 heteroatoms. The molecule has 0 aliphatic heterocycles. The first-order valence-corrected chi connectivity index (χ1v) is 8.65. The molecule has 1 rings (SSSR count). The first-order chi connectivity index (χ1) is 9.89. The van der Waals surface area contributed by atoms with Gasteiger partial charge in [-0.2, -0.15) is 0 Å². The predicted octanol–water partition coefficient (Wildman–Crippen LogP) is 1.09. The van der Waals surface area contributed by atoms with Crippen LogP contribution in [0.1, 0.15) is 70.7 Å². The van der Waals surface area contributed by atoms with Gasteiger partial charge < -0.3 is 10.00 Å². The molecular formula is C17H27NaO4P+. The maximum atomic E-state index is 10.8. The van der Waals surface area contributed by atoms with Gasteiger partial charge in [0.2, 0.25) is 0 Å². The zero-order chi connectivity index (χ0) is 17.3. The number of hydrogen-bond acceptors (Lipinski definition) is 4. The van der Waals surface area contributed by atoms with Crippen molar-refractivity contribution in [1.82, 2.24) is 0 Å². The Hall–Kier alpha value is 0.0400. The van der Waals surface area contributed by atoms with Gasteiger partial charge in [0.1, 0.15) is 12.4 Å². The minimum atomic E-state index is -2.89. The Morgan fingerprint density at radius 2 is 1.70 bits per heavy atom. The number of rotatable bonds is 4. The van der Waals surface area contributed by atoms with Gasteiger partial charge in [0, 0.05) is 5.56 Å². The van der Waals surface area contributed by atoms with Crippen LogP contribution in [-0.4, -0.2) is 5.11 Å². The third-order valence-electron chi connectivity index (χ3n) is 3.74. The molecule has 4 nitrogen and oxygen atoms in total. The molecular weight excluding hydrogens is 322 g/mol. The summed E-state index contributed by atoms with van der Waals surface area (Å²) in [5.41, 5.74) is 3.00. The van der Waals surface area contributed by atoms with Crippen LogP contribution in [0.3, 0.4) is 0 Å². The summed E-state index contributed by atoms with van der Waals surface area (Å²) in [4.78, 5) is 10.8. The second-order valence-electron chi connectivity index (χ2n) is 7.64. The molecule has 0 saturated heterocycles. The van der Waals surface area contributed by atoms with Crippen molar-refractivity contribution in [2.75, 3.05) is 0 Å². The molecule has 0 saturated carbocycles. The van der Waals surface area contributed by atoms with Crippen LogP contribution in [0.5, 0.6) is 5.75 Å². The smallest absolute Gasteiger partial charge is 0.566 e. The van der Waals surface area contributed by atoms with Crippen molar-refractivity contribution in [3.05, 3.63) is 28.3 Å². The molecule has 1 aromatic carbocycles. The Balaban J connectivity index is 0.00000484. The summed E-state index contributed by atoms with van der Waals surface area (Å²) in [6.45, 7) is 14.2. The zero-order valence-corrected chi connectivity index (χ0v) is 18.5. The second kappa shape index (κ2) is 8.42. The van der Waals surface area contributed by atoms with E-state index in [9.17, 15) is 14.6 Å². The Kier molecular flexibility index (Phi) is 8.43. The van der Waals surface area contributed by atoms with Crippen LogP contribution in [-0.2, 0) is 32.9 Å². The van der Waals surface area contributed by atoms with Crippen LogP contribution >= 0.6 is 8.25 Å². The summed E-state index contributed by atoms with van der Waals surface area (Å²) < 4.78 is 15.6. The summed E-state index contributed by atoms with van der Waals surface area (Å²) >= 11 is 0. The molecule has 0 radical (unpaired) electrons. The van der Waals surface area contributed by atoms with Gasteiger partial charge in [0.05, 0.1) is 0 Å². The maximum Gasteiger partial charge on any atom is 1.00 e. The Morgan fingerprint density at radius 1 is 1.17 bits per heavy atom. The van der Waals surface area contributed by atoms with Crippen molar-refractivity contribution in [3.8, 4) is 5.75 Å². The van der Waals surface area contributed by atoms with E-state index >= 15 is 0 Å². The molecule has 0 fully saturated rings. The van der Waals surface area contributed by atoms with E-state index < -0.39 is 8.25 Å². The van der Waals surface area contributed by atoms with Gasteiger partial charge >= 0.3 is 37.8 Å². The molecule has 1 atom stereocenters. The van der Waals surface area contributed by atoms with E-state index in [1.54, 1.807) is 0 Å². The average Bonchev–Trinajstić information content (AvgIpc) is 2.33. The standard InChI is InChI=1S/C17H27O4P.Na/c1-8-12-11(10-21-22(19)20)9-13(16(2,3)4)15(18)14(12)17(5,6)7;/h9,18H,8,10H2,1-7H3;/q;+1. The monoisotopic (exact) mass is 349 g/mol. The number of hydrogen-bond donors (Lipinski definition) is 1. The van der Waals surface area contributed by atoms with E-state index in [-0.39, 0.29) is 47.0 Å². The van der Waals surface area contributed by atoms with Crippen LogP contribution in [0.25, 0.3) is 0 Å². The quantitative estimate of drug-likeness (QED) is 0.653. The van der Waals surface area contributed by atoms with E-state index in [0.717, 1.165) is 22.3 Å². The molecule has 1 aromatic rings. The van der Waals surface area contributed by atoms with E-state index in [4.69, 9.17) is 4.52 Å². The van der Waals surface area contributed by atoms with Gasteiger partial charge in [0.25, 0.3) is 0 Å². The van der Waals surface area contributed by atoms with Crippen molar-refractivity contribution in [1.29, 1.82) is 0 Å². The van der Waals surface area contributed by atoms with Crippen LogP contribution in [0.15, 0.2) is 6.07 Å². The third kappa shape index (κ3) is 5.81. The Bertz CT molecular complexity index is 571. The first-order valence-electron chi connectivity index (χ1n) is 7.55. The molecule has 1 unspecified atom stereocenters. The second-order valence-corrected chi connectivity index (χ2v) is 8.34. The molecule has 0 amide bonds. The third-order valence-corrected chi connectivity index (χ3v) is 4.08.